The van der Waals surface area contributed by atoms with Crippen LogP contribution < -0.4 is 11.1 Å². The molecule has 1 amide bonds. The zero-order valence-electron chi connectivity index (χ0n) is 12.7. The van der Waals surface area contributed by atoms with Crippen LogP contribution in [0.25, 0.3) is 10.1 Å². The Kier molecular flexibility index (Phi) is 4.46. The lowest BCUT2D eigenvalue weighted by Crippen LogP contribution is -2.48. The number of fused-ring (bicyclic) bond motifs is 1. The molecule has 0 atom stereocenters. The van der Waals surface area contributed by atoms with Gasteiger partial charge in [0.1, 0.15) is 4.88 Å². The minimum Gasteiger partial charge on any atom is -0.397 e. The average molecular weight is 326 g/mol. The third kappa shape index (κ3) is 3.15. The molecule has 21 heavy (non-hydrogen) atoms. The summed E-state index contributed by atoms with van der Waals surface area (Å²) in [5, 5.41) is 4.29. The van der Waals surface area contributed by atoms with E-state index < -0.39 is 0 Å². The Labute approximate surface area is 133 Å². The maximum atomic E-state index is 12.4. The number of rotatable bonds is 4. The second-order valence-corrected chi connectivity index (χ2v) is 7.31. The molecule has 1 aromatic carbocycles. The van der Waals surface area contributed by atoms with Crippen LogP contribution in [0.15, 0.2) is 18.2 Å². The molecular formula is C15H20ClN3OS. The van der Waals surface area contributed by atoms with Gasteiger partial charge in [-0.1, -0.05) is 17.7 Å². The van der Waals surface area contributed by atoms with Gasteiger partial charge >= 0.3 is 0 Å². The fourth-order valence-electron chi connectivity index (χ4n) is 1.83. The lowest BCUT2D eigenvalue weighted by molar-refractivity contribution is 0.0924. The first-order chi connectivity index (χ1) is 9.74. The molecular weight excluding hydrogens is 306 g/mol. The van der Waals surface area contributed by atoms with Crippen molar-refractivity contribution in [2.75, 3.05) is 26.4 Å². The molecule has 0 saturated carbocycles. The van der Waals surface area contributed by atoms with Crippen molar-refractivity contribution >= 4 is 44.6 Å². The van der Waals surface area contributed by atoms with Gasteiger partial charge in [-0.3, -0.25) is 4.79 Å². The van der Waals surface area contributed by atoms with Gasteiger partial charge in [-0.05, 0) is 40.1 Å². The van der Waals surface area contributed by atoms with Crippen molar-refractivity contribution in [2.24, 2.45) is 0 Å². The Hall–Kier alpha value is -1.30. The number of hydrogen-bond acceptors (Lipinski definition) is 4. The highest BCUT2D eigenvalue weighted by Crippen LogP contribution is 2.37. The molecule has 2 aromatic rings. The maximum absolute atomic E-state index is 12.4. The number of thiophene rings is 1. The Morgan fingerprint density at radius 2 is 2.10 bits per heavy atom. The zero-order valence-corrected chi connectivity index (χ0v) is 14.2. The second kappa shape index (κ2) is 5.83. The molecule has 3 N–H and O–H groups in total. The van der Waals surface area contributed by atoms with Crippen molar-refractivity contribution in [2.45, 2.75) is 19.4 Å². The largest absolute Gasteiger partial charge is 0.397 e. The third-order valence-corrected chi connectivity index (χ3v) is 5.28. The fourth-order valence-corrected chi connectivity index (χ4v) is 3.23. The molecule has 2 rings (SSSR count). The monoisotopic (exact) mass is 325 g/mol. The van der Waals surface area contributed by atoms with Crippen LogP contribution >= 0.6 is 22.9 Å². The van der Waals surface area contributed by atoms with Gasteiger partial charge in [0.05, 0.1) is 10.7 Å². The van der Waals surface area contributed by atoms with Gasteiger partial charge in [0, 0.05) is 22.2 Å². The number of benzene rings is 1. The van der Waals surface area contributed by atoms with E-state index in [2.05, 4.69) is 24.1 Å². The van der Waals surface area contributed by atoms with Crippen LogP contribution in [0.2, 0.25) is 5.02 Å². The van der Waals surface area contributed by atoms with Gasteiger partial charge < -0.3 is 16.0 Å². The molecule has 0 bridgehead atoms. The van der Waals surface area contributed by atoms with Gasteiger partial charge in [0.2, 0.25) is 0 Å². The number of nitrogens with one attached hydrogen (secondary N) is 1. The molecule has 0 spiro atoms. The van der Waals surface area contributed by atoms with Crippen LogP contribution in [0.1, 0.15) is 23.5 Å². The summed E-state index contributed by atoms with van der Waals surface area (Å²) in [5.74, 6) is -0.153. The molecule has 4 nitrogen and oxygen atoms in total. The summed E-state index contributed by atoms with van der Waals surface area (Å²) in [6.45, 7) is 4.68. The molecule has 0 aliphatic heterocycles. The van der Waals surface area contributed by atoms with Crippen LogP contribution in [0.3, 0.4) is 0 Å². The van der Waals surface area contributed by atoms with Crippen molar-refractivity contribution in [3.8, 4) is 0 Å². The van der Waals surface area contributed by atoms with Crippen LogP contribution in [-0.4, -0.2) is 37.0 Å². The number of nitrogen functional groups attached to an aromatic ring is 1. The number of halogens is 1. The van der Waals surface area contributed by atoms with Crippen LogP contribution in [-0.2, 0) is 0 Å². The predicted molar refractivity (Wildman–Crippen MR) is 91.3 cm³/mol. The first-order valence-corrected chi connectivity index (χ1v) is 7.85. The van der Waals surface area contributed by atoms with E-state index in [4.69, 9.17) is 17.3 Å². The first kappa shape index (κ1) is 16.1. The standard InChI is InChI=1S/C15H20ClN3OS/c1-15(2,19(3)4)8-18-14(20)13-12(17)11-9(16)6-5-7-10(11)21-13/h5-7H,8,17H2,1-4H3,(H,18,20). The summed E-state index contributed by atoms with van der Waals surface area (Å²) in [5.41, 5.74) is 6.43. The SMILES string of the molecule is CN(C)C(C)(C)CNC(=O)c1sc2cccc(Cl)c2c1N. The van der Waals surface area contributed by atoms with Gasteiger partial charge in [0.15, 0.2) is 0 Å². The summed E-state index contributed by atoms with van der Waals surface area (Å²) < 4.78 is 0.928. The number of likely N-dealkylation sites (N-methyl/N-ethyl adjacent to an activating group) is 1. The fraction of sp³-hybridized carbons (Fsp3) is 0.400. The third-order valence-electron chi connectivity index (χ3n) is 3.80. The topological polar surface area (TPSA) is 58.4 Å². The molecule has 0 saturated heterocycles. The van der Waals surface area contributed by atoms with E-state index in [-0.39, 0.29) is 11.4 Å². The molecule has 1 heterocycles. The molecule has 0 fully saturated rings. The quantitative estimate of drug-likeness (QED) is 0.907. The van der Waals surface area contributed by atoms with E-state index in [9.17, 15) is 4.79 Å². The van der Waals surface area contributed by atoms with Gasteiger partial charge in [-0.15, -0.1) is 11.3 Å². The number of carbonyl (C=O) groups excluding carboxylic acids is 1. The molecule has 0 aliphatic rings. The molecule has 0 radical (unpaired) electrons. The van der Waals surface area contributed by atoms with Crippen molar-refractivity contribution < 1.29 is 4.79 Å². The van der Waals surface area contributed by atoms with Crippen molar-refractivity contribution in [1.82, 2.24) is 10.2 Å². The number of hydrogen-bond donors (Lipinski definition) is 2. The molecule has 0 unspecified atom stereocenters. The Bertz CT molecular complexity index is 679. The number of nitrogens with two attached hydrogens (primary N) is 1. The number of anilines is 1. The first-order valence-electron chi connectivity index (χ1n) is 6.66. The minimum absolute atomic E-state index is 0.126. The summed E-state index contributed by atoms with van der Waals surface area (Å²) in [7, 11) is 3.97. The lowest BCUT2D eigenvalue weighted by atomic mass is 10.0. The number of amides is 1. The predicted octanol–water partition coefficient (Wildman–Crippen LogP) is 3.21. The van der Waals surface area contributed by atoms with Gasteiger partial charge in [0.25, 0.3) is 5.91 Å². The van der Waals surface area contributed by atoms with Crippen molar-refractivity contribution in [3.05, 3.63) is 28.1 Å². The molecule has 114 valence electrons. The van der Waals surface area contributed by atoms with Crippen LogP contribution in [0.4, 0.5) is 5.69 Å². The highest BCUT2D eigenvalue weighted by atomic mass is 35.5. The normalized spacial score (nSPS) is 12.1. The van der Waals surface area contributed by atoms with Crippen molar-refractivity contribution in [1.29, 1.82) is 0 Å². The average Bonchev–Trinajstić information content (AvgIpc) is 2.75. The maximum Gasteiger partial charge on any atom is 0.263 e. The van der Waals surface area contributed by atoms with E-state index in [0.717, 1.165) is 10.1 Å². The Morgan fingerprint density at radius 1 is 1.43 bits per heavy atom. The second-order valence-electron chi connectivity index (χ2n) is 5.85. The summed E-state index contributed by atoms with van der Waals surface area (Å²) in [6, 6.07) is 5.56. The van der Waals surface area contributed by atoms with E-state index >= 15 is 0 Å². The smallest absolute Gasteiger partial charge is 0.263 e. The van der Waals surface area contributed by atoms with Gasteiger partial charge in [-0.2, -0.15) is 0 Å². The molecule has 1 aromatic heterocycles. The summed E-state index contributed by atoms with van der Waals surface area (Å²) in [4.78, 5) is 15.0. The molecule has 0 aliphatic carbocycles. The van der Waals surface area contributed by atoms with E-state index in [0.29, 0.717) is 22.1 Å². The lowest BCUT2D eigenvalue weighted by Gasteiger charge is -2.32. The van der Waals surface area contributed by atoms with Crippen LogP contribution in [0.5, 0.6) is 0 Å². The Morgan fingerprint density at radius 3 is 2.67 bits per heavy atom. The summed E-state index contributed by atoms with van der Waals surface area (Å²) >= 11 is 7.53. The zero-order chi connectivity index (χ0) is 15.8. The van der Waals surface area contributed by atoms with Gasteiger partial charge in [-0.25, -0.2) is 0 Å². The minimum atomic E-state index is -0.153. The summed E-state index contributed by atoms with van der Waals surface area (Å²) in [6.07, 6.45) is 0. The molecule has 6 heteroatoms. The number of nitrogens with zero attached hydrogens (tertiary/aromatic N) is 1. The van der Waals surface area contributed by atoms with E-state index in [1.165, 1.54) is 11.3 Å². The highest BCUT2D eigenvalue weighted by molar-refractivity contribution is 7.21. The van der Waals surface area contributed by atoms with E-state index in [1.807, 2.05) is 26.2 Å². The Balaban J connectivity index is 2.25. The number of carbonyl (C=O) groups is 1. The van der Waals surface area contributed by atoms with E-state index in [1.54, 1.807) is 6.07 Å². The van der Waals surface area contributed by atoms with Crippen LogP contribution in [0, 0.1) is 0 Å². The van der Waals surface area contributed by atoms with Crippen molar-refractivity contribution in [3.63, 3.8) is 0 Å². The highest BCUT2D eigenvalue weighted by Gasteiger charge is 2.23.